The smallest absolute Gasteiger partial charge is 0.223 e. The molecule has 3 rings (SSSR count). The molecular formula is C18H22BrN3O2. The van der Waals surface area contributed by atoms with E-state index in [4.69, 9.17) is 4.74 Å². The van der Waals surface area contributed by atoms with Crippen molar-refractivity contribution in [3.05, 3.63) is 46.7 Å². The third kappa shape index (κ3) is 3.98. The van der Waals surface area contributed by atoms with Gasteiger partial charge in [0.1, 0.15) is 5.75 Å². The summed E-state index contributed by atoms with van der Waals surface area (Å²) < 4.78 is 8.04. The van der Waals surface area contributed by atoms with Crippen molar-refractivity contribution in [1.29, 1.82) is 0 Å². The maximum absolute atomic E-state index is 12.6. The van der Waals surface area contributed by atoms with Gasteiger partial charge in [0, 0.05) is 25.7 Å². The van der Waals surface area contributed by atoms with Crippen LogP contribution in [0.25, 0.3) is 0 Å². The van der Waals surface area contributed by atoms with Crippen molar-refractivity contribution >= 4 is 21.8 Å². The van der Waals surface area contributed by atoms with Gasteiger partial charge in [0.05, 0.1) is 23.8 Å². The van der Waals surface area contributed by atoms with E-state index in [1.807, 2.05) is 27.9 Å². The number of ether oxygens (including phenoxy) is 1. The number of likely N-dealkylation sites (tertiary alicyclic amines) is 1. The largest absolute Gasteiger partial charge is 0.497 e. The van der Waals surface area contributed by atoms with Gasteiger partial charge in [-0.25, -0.2) is 0 Å². The molecule has 2 aromatic rings. The fourth-order valence-corrected chi connectivity index (χ4v) is 3.56. The number of halogens is 1. The Hall–Kier alpha value is -1.82. The predicted octanol–water partition coefficient (Wildman–Crippen LogP) is 3.80. The first-order valence-electron chi connectivity index (χ1n) is 8.29. The van der Waals surface area contributed by atoms with E-state index in [0.29, 0.717) is 6.42 Å². The molecule has 1 aromatic carbocycles. The number of methoxy groups -OCH3 is 1. The zero-order chi connectivity index (χ0) is 16.9. The first kappa shape index (κ1) is 17.0. The Labute approximate surface area is 150 Å². The van der Waals surface area contributed by atoms with Gasteiger partial charge in [0.2, 0.25) is 5.91 Å². The Bertz CT molecular complexity index is 684. The number of nitrogens with zero attached hydrogens (tertiary/aromatic N) is 3. The molecule has 1 aromatic heterocycles. The molecule has 1 atom stereocenters. The van der Waals surface area contributed by atoms with Gasteiger partial charge in [-0.1, -0.05) is 12.1 Å². The van der Waals surface area contributed by atoms with Crippen LogP contribution in [0.2, 0.25) is 0 Å². The molecule has 0 radical (unpaired) electrons. The molecule has 1 fully saturated rings. The van der Waals surface area contributed by atoms with Gasteiger partial charge in [-0.15, -0.1) is 0 Å². The van der Waals surface area contributed by atoms with Crippen molar-refractivity contribution in [1.82, 2.24) is 14.7 Å². The summed E-state index contributed by atoms with van der Waals surface area (Å²) in [6.45, 7) is 1.61. The number of carbonyl (C=O) groups is 1. The zero-order valence-corrected chi connectivity index (χ0v) is 15.4. The Morgan fingerprint density at radius 2 is 2.17 bits per heavy atom. The van der Waals surface area contributed by atoms with E-state index in [2.05, 4.69) is 33.2 Å². The maximum Gasteiger partial charge on any atom is 0.223 e. The second-order valence-electron chi connectivity index (χ2n) is 6.04. The lowest BCUT2D eigenvalue weighted by Gasteiger charge is -2.25. The van der Waals surface area contributed by atoms with Gasteiger partial charge in [-0.05, 0) is 52.9 Å². The third-order valence-electron chi connectivity index (χ3n) is 4.45. The summed E-state index contributed by atoms with van der Waals surface area (Å²) in [6.07, 6.45) is 7.16. The molecule has 0 N–H and O–H groups in total. The average molecular weight is 392 g/mol. The van der Waals surface area contributed by atoms with Crippen molar-refractivity contribution < 1.29 is 9.53 Å². The van der Waals surface area contributed by atoms with Crippen LogP contribution < -0.4 is 4.74 Å². The lowest BCUT2D eigenvalue weighted by atomic mass is 10.0. The highest BCUT2D eigenvalue weighted by Crippen LogP contribution is 2.33. The summed E-state index contributed by atoms with van der Waals surface area (Å²) in [7, 11) is 1.67. The van der Waals surface area contributed by atoms with Gasteiger partial charge in [0.15, 0.2) is 0 Å². The van der Waals surface area contributed by atoms with E-state index < -0.39 is 0 Å². The van der Waals surface area contributed by atoms with Crippen LogP contribution in [-0.4, -0.2) is 34.2 Å². The molecule has 6 heteroatoms. The van der Waals surface area contributed by atoms with Crippen LogP contribution in [-0.2, 0) is 11.3 Å². The van der Waals surface area contributed by atoms with Gasteiger partial charge in [-0.3, -0.25) is 9.48 Å². The van der Waals surface area contributed by atoms with E-state index in [0.717, 1.165) is 42.6 Å². The Kier molecular flexibility index (Phi) is 5.56. The van der Waals surface area contributed by atoms with E-state index in [1.54, 1.807) is 13.3 Å². The number of aromatic nitrogens is 2. The Morgan fingerprint density at radius 3 is 2.83 bits per heavy atom. The van der Waals surface area contributed by atoms with E-state index in [9.17, 15) is 4.79 Å². The Morgan fingerprint density at radius 1 is 1.38 bits per heavy atom. The monoisotopic (exact) mass is 391 g/mol. The van der Waals surface area contributed by atoms with Gasteiger partial charge in [0.25, 0.3) is 0 Å². The molecule has 0 saturated carbocycles. The van der Waals surface area contributed by atoms with Crippen LogP contribution in [0.4, 0.5) is 0 Å². The zero-order valence-electron chi connectivity index (χ0n) is 13.8. The lowest BCUT2D eigenvalue weighted by molar-refractivity contribution is -0.132. The number of carbonyl (C=O) groups excluding carboxylic acids is 1. The number of benzene rings is 1. The highest BCUT2D eigenvalue weighted by atomic mass is 79.9. The van der Waals surface area contributed by atoms with Gasteiger partial charge >= 0.3 is 0 Å². The number of hydrogen-bond donors (Lipinski definition) is 0. The van der Waals surface area contributed by atoms with Crippen LogP contribution in [0.3, 0.4) is 0 Å². The minimum absolute atomic E-state index is 0.197. The van der Waals surface area contributed by atoms with Crippen LogP contribution >= 0.6 is 15.9 Å². The number of hydrogen-bond acceptors (Lipinski definition) is 3. The maximum atomic E-state index is 12.6. The molecule has 0 bridgehead atoms. The van der Waals surface area contributed by atoms with Crippen LogP contribution in [0.5, 0.6) is 5.75 Å². The highest BCUT2D eigenvalue weighted by Gasteiger charge is 2.29. The number of aryl methyl sites for hydroxylation is 1. The molecule has 1 aliphatic heterocycles. The minimum Gasteiger partial charge on any atom is -0.497 e. The topological polar surface area (TPSA) is 47.4 Å². The van der Waals surface area contributed by atoms with E-state index in [1.165, 1.54) is 5.56 Å². The minimum atomic E-state index is 0.197. The fourth-order valence-electron chi connectivity index (χ4n) is 3.23. The van der Waals surface area contributed by atoms with Crippen LogP contribution in [0.1, 0.15) is 37.3 Å². The molecule has 2 heterocycles. The summed E-state index contributed by atoms with van der Waals surface area (Å²) in [5.41, 5.74) is 1.19. The standard InChI is InChI=1S/C18H22BrN3O2/c1-24-16-8-6-14(7-9-16)17-4-2-11-22(17)18(23)5-3-10-21-13-15(19)12-20-21/h6-9,12-13,17H,2-5,10-11H2,1H3/t17-/m0/s1. The van der Waals surface area contributed by atoms with E-state index >= 15 is 0 Å². The summed E-state index contributed by atoms with van der Waals surface area (Å²) in [5.74, 6) is 1.08. The SMILES string of the molecule is COc1ccc([C@@H]2CCCN2C(=O)CCCn2cc(Br)cn2)cc1. The summed E-state index contributed by atoms with van der Waals surface area (Å²) >= 11 is 3.38. The highest BCUT2D eigenvalue weighted by molar-refractivity contribution is 9.10. The van der Waals surface area contributed by atoms with Crippen LogP contribution in [0, 0.1) is 0 Å². The molecule has 0 unspecified atom stereocenters. The molecule has 1 amide bonds. The molecule has 1 saturated heterocycles. The summed E-state index contributed by atoms with van der Waals surface area (Å²) in [6, 6.07) is 8.26. The normalized spacial score (nSPS) is 17.2. The molecule has 5 nitrogen and oxygen atoms in total. The van der Waals surface area contributed by atoms with Crippen molar-refractivity contribution in [3.8, 4) is 5.75 Å². The Balaban J connectivity index is 1.56. The van der Waals surface area contributed by atoms with Gasteiger partial charge < -0.3 is 9.64 Å². The van der Waals surface area contributed by atoms with Gasteiger partial charge in [-0.2, -0.15) is 5.10 Å². The first-order valence-corrected chi connectivity index (χ1v) is 9.08. The second kappa shape index (κ2) is 7.83. The number of rotatable bonds is 6. The van der Waals surface area contributed by atoms with Crippen molar-refractivity contribution in [2.75, 3.05) is 13.7 Å². The molecule has 1 aliphatic rings. The van der Waals surface area contributed by atoms with Crippen molar-refractivity contribution in [2.24, 2.45) is 0 Å². The number of amides is 1. The van der Waals surface area contributed by atoms with Crippen LogP contribution in [0.15, 0.2) is 41.1 Å². The van der Waals surface area contributed by atoms with Crippen molar-refractivity contribution in [2.45, 2.75) is 38.3 Å². The average Bonchev–Trinajstić information content (AvgIpc) is 3.24. The molecular weight excluding hydrogens is 370 g/mol. The first-order chi connectivity index (χ1) is 11.7. The molecule has 0 aliphatic carbocycles. The third-order valence-corrected chi connectivity index (χ3v) is 4.86. The summed E-state index contributed by atoms with van der Waals surface area (Å²) in [5, 5.41) is 4.22. The predicted molar refractivity (Wildman–Crippen MR) is 95.8 cm³/mol. The fraction of sp³-hybridized carbons (Fsp3) is 0.444. The molecule has 0 spiro atoms. The molecule has 24 heavy (non-hydrogen) atoms. The van der Waals surface area contributed by atoms with Crippen molar-refractivity contribution in [3.63, 3.8) is 0 Å². The van der Waals surface area contributed by atoms with E-state index in [-0.39, 0.29) is 11.9 Å². The molecule has 128 valence electrons. The lowest BCUT2D eigenvalue weighted by Crippen LogP contribution is -2.30. The second-order valence-corrected chi connectivity index (χ2v) is 6.96. The summed E-state index contributed by atoms with van der Waals surface area (Å²) in [4.78, 5) is 14.6. The quantitative estimate of drug-likeness (QED) is 0.752.